The Morgan fingerprint density at radius 1 is 1.67 bits per heavy atom. The molecule has 2 aliphatic carbocycles. The summed E-state index contributed by atoms with van der Waals surface area (Å²) >= 11 is 0. The van der Waals surface area contributed by atoms with E-state index in [0.29, 0.717) is 13.0 Å². The summed E-state index contributed by atoms with van der Waals surface area (Å²) in [5, 5.41) is 0. The average Bonchev–Trinajstić information content (AvgIpc) is 2.83. The van der Waals surface area contributed by atoms with Crippen LogP contribution in [0.5, 0.6) is 0 Å². The summed E-state index contributed by atoms with van der Waals surface area (Å²) in [6.07, 6.45) is 8.17. The first-order valence-electron chi connectivity index (χ1n) is 5.40. The molecule has 1 saturated carbocycles. The van der Waals surface area contributed by atoms with Crippen LogP contribution in [0.15, 0.2) is 12.2 Å². The van der Waals surface area contributed by atoms with E-state index in [1.54, 1.807) is 0 Å². The van der Waals surface area contributed by atoms with Gasteiger partial charge in [0, 0.05) is 5.92 Å². The molecule has 1 radical (unpaired) electrons. The van der Waals surface area contributed by atoms with E-state index >= 15 is 0 Å². The molecule has 0 N–H and O–H groups in total. The van der Waals surface area contributed by atoms with Gasteiger partial charge in [-0.2, -0.15) is 0 Å². The highest BCUT2D eigenvalue weighted by atomic mass is 16.5. The zero-order valence-electron chi connectivity index (χ0n) is 8.81. The Kier molecular flexibility index (Phi) is 2.63. The van der Waals surface area contributed by atoms with Crippen molar-refractivity contribution in [3.8, 4) is 0 Å². The van der Waals surface area contributed by atoms with Crippen molar-refractivity contribution in [2.75, 3.05) is 6.61 Å². The Hall–Kier alpha value is -1.12. The lowest BCUT2D eigenvalue weighted by atomic mass is 9.79. The number of ether oxygens (including phenoxy) is 1. The predicted molar refractivity (Wildman–Crippen MR) is 54.8 cm³/mol. The Morgan fingerprint density at radius 3 is 3.07 bits per heavy atom. The molecule has 0 amide bonds. The van der Waals surface area contributed by atoms with Crippen LogP contribution in [0.4, 0.5) is 0 Å². The number of rotatable bonds is 4. The van der Waals surface area contributed by atoms with Gasteiger partial charge >= 0.3 is 5.97 Å². The summed E-state index contributed by atoms with van der Waals surface area (Å²) in [7, 11) is 0. The smallest absolute Gasteiger partial charge is 0.316 e. The van der Waals surface area contributed by atoms with Crippen LogP contribution < -0.4 is 0 Å². The lowest BCUT2D eigenvalue weighted by Gasteiger charge is -2.25. The predicted octanol–water partition coefficient (Wildman–Crippen LogP) is 1.54. The molecule has 3 nitrogen and oxygen atoms in total. The number of esters is 1. The second-order valence-electron chi connectivity index (χ2n) is 4.26. The topological polar surface area (TPSA) is 43.4 Å². The second kappa shape index (κ2) is 3.80. The Balaban J connectivity index is 2.14. The highest BCUT2D eigenvalue weighted by Gasteiger charge is 2.54. The number of allylic oxidation sites excluding steroid dienone is 1. The number of aldehydes is 1. The van der Waals surface area contributed by atoms with Crippen LogP contribution in [-0.2, 0) is 14.3 Å². The molecule has 2 rings (SSSR count). The standard InChI is InChI=1S/C12H15O3/c1-2-5-15-11(14)12-4-3-9(7-12)6-10(12)8-13/h3-4,6,8-10H,2,5,7H2,1H3. The minimum absolute atomic E-state index is 0.242. The molecule has 0 aromatic rings. The Morgan fingerprint density at radius 2 is 2.47 bits per heavy atom. The Labute approximate surface area is 89.5 Å². The third kappa shape index (κ3) is 1.50. The van der Waals surface area contributed by atoms with Gasteiger partial charge in [0.2, 0.25) is 0 Å². The van der Waals surface area contributed by atoms with E-state index in [9.17, 15) is 9.59 Å². The summed E-state index contributed by atoms with van der Waals surface area (Å²) in [6.45, 7) is 2.39. The van der Waals surface area contributed by atoms with Gasteiger partial charge in [0.15, 0.2) is 0 Å². The van der Waals surface area contributed by atoms with Crippen molar-refractivity contribution in [1.82, 2.24) is 0 Å². The fourth-order valence-corrected chi connectivity index (χ4v) is 2.42. The largest absolute Gasteiger partial charge is 0.465 e. The van der Waals surface area contributed by atoms with Crippen LogP contribution in [0.25, 0.3) is 0 Å². The van der Waals surface area contributed by atoms with Crippen LogP contribution in [0, 0.1) is 23.7 Å². The highest BCUT2D eigenvalue weighted by molar-refractivity contribution is 5.86. The van der Waals surface area contributed by atoms with Crippen molar-refractivity contribution in [2.24, 2.45) is 17.3 Å². The number of fused-ring (bicyclic) bond motifs is 2. The van der Waals surface area contributed by atoms with E-state index < -0.39 is 5.41 Å². The van der Waals surface area contributed by atoms with E-state index in [2.05, 4.69) is 0 Å². The molecule has 2 aliphatic rings. The molecule has 0 aromatic heterocycles. The molecule has 2 bridgehead atoms. The molecule has 0 saturated heterocycles. The number of hydrogen-bond donors (Lipinski definition) is 0. The average molecular weight is 207 g/mol. The maximum absolute atomic E-state index is 11.9. The van der Waals surface area contributed by atoms with Crippen LogP contribution in [0.1, 0.15) is 19.8 Å². The van der Waals surface area contributed by atoms with E-state index in [-0.39, 0.29) is 17.8 Å². The first-order chi connectivity index (χ1) is 7.23. The first kappa shape index (κ1) is 10.4. The van der Waals surface area contributed by atoms with Gasteiger partial charge in [-0.05, 0) is 25.2 Å². The zero-order chi connectivity index (χ0) is 10.9. The van der Waals surface area contributed by atoms with E-state index in [0.717, 1.165) is 12.7 Å². The van der Waals surface area contributed by atoms with E-state index in [1.807, 2.05) is 25.5 Å². The molecule has 0 heterocycles. The van der Waals surface area contributed by atoms with Crippen LogP contribution in [0.3, 0.4) is 0 Å². The highest BCUT2D eigenvalue weighted by Crippen LogP contribution is 2.52. The van der Waals surface area contributed by atoms with Crippen LogP contribution in [0.2, 0.25) is 0 Å². The molecule has 3 unspecified atom stereocenters. The first-order valence-corrected chi connectivity index (χ1v) is 5.40. The number of carbonyl (C=O) groups is 2. The fourth-order valence-electron chi connectivity index (χ4n) is 2.42. The maximum atomic E-state index is 11.9. The van der Waals surface area contributed by atoms with Gasteiger partial charge in [-0.1, -0.05) is 19.1 Å². The van der Waals surface area contributed by atoms with Crippen molar-refractivity contribution in [3.05, 3.63) is 18.6 Å². The van der Waals surface area contributed by atoms with Crippen molar-refractivity contribution in [2.45, 2.75) is 19.8 Å². The summed E-state index contributed by atoms with van der Waals surface area (Å²) in [5.41, 5.74) is -0.679. The van der Waals surface area contributed by atoms with Crippen molar-refractivity contribution in [3.63, 3.8) is 0 Å². The SMILES string of the molecule is CCCOC(=O)C12C=CC([CH]C1C=O)C2. The van der Waals surface area contributed by atoms with Gasteiger partial charge < -0.3 is 9.53 Å². The van der Waals surface area contributed by atoms with Crippen LogP contribution in [-0.4, -0.2) is 18.9 Å². The Bertz CT molecular complexity index is 308. The lowest BCUT2D eigenvalue weighted by Crippen LogP contribution is -2.35. The maximum Gasteiger partial charge on any atom is 0.316 e. The van der Waals surface area contributed by atoms with Gasteiger partial charge in [0.1, 0.15) is 6.29 Å². The number of carbonyl (C=O) groups excluding carboxylic acids is 2. The summed E-state index contributed by atoms with van der Waals surface area (Å²) in [6, 6.07) is 0. The van der Waals surface area contributed by atoms with Gasteiger partial charge in [-0.25, -0.2) is 0 Å². The molecule has 15 heavy (non-hydrogen) atoms. The van der Waals surface area contributed by atoms with Gasteiger partial charge in [0.05, 0.1) is 12.0 Å². The van der Waals surface area contributed by atoms with Gasteiger partial charge in [0.25, 0.3) is 0 Å². The van der Waals surface area contributed by atoms with Gasteiger partial charge in [-0.15, -0.1) is 0 Å². The summed E-state index contributed by atoms with van der Waals surface area (Å²) in [4.78, 5) is 22.8. The van der Waals surface area contributed by atoms with Crippen molar-refractivity contribution < 1.29 is 14.3 Å². The van der Waals surface area contributed by atoms with Gasteiger partial charge in [-0.3, -0.25) is 4.79 Å². The second-order valence-corrected chi connectivity index (χ2v) is 4.26. The van der Waals surface area contributed by atoms with Crippen LogP contribution >= 0.6 is 0 Å². The molecular formula is C12H15O3. The molecule has 3 atom stereocenters. The zero-order valence-corrected chi connectivity index (χ0v) is 8.81. The molecule has 3 heteroatoms. The quantitative estimate of drug-likeness (QED) is 0.399. The molecule has 81 valence electrons. The minimum atomic E-state index is -0.679. The molecule has 0 aromatic carbocycles. The summed E-state index contributed by atoms with van der Waals surface area (Å²) in [5.74, 6) is -0.264. The fraction of sp³-hybridized carbons (Fsp3) is 0.583. The monoisotopic (exact) mass is 207 g/mol. The van der Waals surface area contributed by atoms with E-state index in [4.69, 9.17) is 4.74 Å². The third-order valence-corrected chi connectivity index (χ3v) is 3.23. The van der Waals surface area contributed by atoms with E-state index in [1.165, 1.54) is 0 Å². The molecule has 0 spiro atoms. The normalized spacial score (nSPS) is 36.9. The summed E-state index contributed by atoms with van der Waals surface area (Å²) < 4.78 is 5.16. The lowest BCUT2D eigenvalue weighted by molar-refractivity contribution is -0.155. The van der Waals surface area contributed by atoms with Crippen molar-refractivity contribution >= 4 is 12.3 Å². The number of hydrogen-bond acceptors (Lipinski definition) is 3. The van der Waals surface area contributed by atoms with Crippen molar-refractivity contribution in [1.29, 1.82) is 0 Å². The molecule has 1 fully saturated rings. The third-order valence-electron chi connectivity index (χ3n) is 3.23. The molecular weight excluding hydrogens is 192 g/mol. The molecule has 0 aliphatic heterocycles. The minimum Gasteiger partial charge on any atom is -0.465 e.